The summed E-state index contributed by atoms with van der Waals surface area (Å²) in [6.45, 7) is 1.82. The molecule has 0 saturated carbocycles. The van der Waals surface area contributed by atoms with E-state index in [0.717, 1.165) is 5.69 Å². The van der Waals surface area contributed by atoms with Crippen molar-refractivity contribution >= 4 is 23.7 Å². The number of carbonyl (C=O) groups excluding carboxylic acids is 1. The van der Waals surface area contributed by atoms with Crippen molar-refractivity contribution < 1.29 is 9.53 Å². The van der Waals surface area contributed by atoms with E-state index >= 15 is 0 Å². The highest BCUT2D eigenvalue weighted by Crippen LogP contribution is 2.17. The lowest BCUT2D eigenvalue weighted by Gasteiger charge is -2.03. The second-order valence-electron chi connectivity index (χ2n) is 2.68. The van der Waals surface area contributed by atoms with Crippen molar-refractivity contribution in [2.24, 2.45) is 5.84 Å². The van der Waals surface area contributed by atoms with E-state index < -0.39 is 0 Å². The minimum absolute atomic E-state index is 0.219. The molecule has 0 atom stereocenters. The molecule has 6 nitrogen and oxygen atoms in total. The average molecular weight is 228 g/mol. The van der Waals surface area contributed by atoms with E-state index in [-0.39, 0.29) is 11.7 Å². The first-order chi connectivity index (χ1) is 7.15. The van der Waals surface area contributed by atoms with Gasteiger partial charge in [-0.05, 0) is 13.0 Å². The number of aromatic nitrogens is 2. The summed E-state index contributed by atoms with van der Waals surface area (Å²) >= 11 is 1.28. The van der Waals surface area contributed by atoms with Gasteiger partial charge in [-0.2, -0.15) is 0 Å². The Balaban J connectivity index is 2.68. The van der Waals surface area contributed by atoms with Gasteiger partial charge in [-0.3, -0.25) is 10.2 Å². The number of hydrazine groups is 1. The third kappa shape index (κ3) is 3.72. The lowest BCUT2D eigenvalue weighted by atomic mass is 10.5. The molecule has 1 heterocycles. The van der Waals surface area contributed by atoms with Gasteiger partial charge in [-0.1, -0.05) is 11.8 Å². The molecule has 0 amide bonds. The first-order valence-corrected chi connectivity index (χ1v) is 5.16. The third-order valence-corrected chi connectivity index (χ3v) is 2.41. The van der Waals surface area contributed by atoms with Crippen molar-refractivity contribution in [2.75, 3.05) is 18.3 Å². The van der Waals surface area contributed by atoms with Crippen LogP contribution in [-0.2, 0) is 9.53 Å². The van der Waals surface area contributed by atoms with E-state index in [1.165, 1.54) is 18.9 Å². The number of anilines is 1. The highest BCUT2D eigenvalue weighted by molar-refractivity contribution is 7.99. The van der Waals surface area contributed by atoms with Crippen LogP contribution < -0.4 is 11.3 Å². The predicted octanol–water partition coefficient (Wildman–Crippen LogP) is 0.336. The highest BCUT2D eigenvalue weighted by atomic mass is 32.2. The Morgan fingerprint density at radius 1 is 1.67 bits per heavy atom. The molecule has 0 aliphatic rings. The molecule has 0 fully saturated rings. The predicted molar refractivity (Wildman–Crippen MR) is 57.3 cm³/mol. The zero-order chi connectivity index (χ0) is 11.3. The number of nitrogens with one attached hydrogen (secondary N) is 1. The molecule has 0 unspecified atom stereocenters. The van der Waals surface area contributed by atoms with Crippen LogP contribution in [0.4, 0.5) is 5.95 Å². The van der Waals surface area contributed by atoms with E-state index in [4.69, 9.17) is 5.84 Å². The standard InChI is InChI=1S/C8H12N4O2S/c1-5-3-6(11-8(10-5)12-9)15-4-7(13)14-2/h3H,4,9H2,1-2H3,(H,10,11,12). The number of hydrogen-bond donors (Lipinski definition) is 2. The molecule has 0 spiro atoms. The smallest absolute Gasteiger partial charge is 0.316 e. The topological polar surface area (TPSA) is 90.1 Å². The van der Waals surface area contributed by atoms with Crippen molar-refractivity contribution in [3.05, 3.63) is 11.8 Å². The van der Waals surface area contributed by atoms with Crippen LogP contribution in [0.25, 0.3) is 0 Å². The van der Waals surface area contributed by atoms with Gasteiger partial charge in [0, 0.05) is 5.69 Å². The molecule has 1 rings (SSSR count). The van der Waals surface area contributed by atoms with Gasteiger partial charge in [-0.15, -0.1) is 0 Å². The minimum atomic E-state index is -0.293. The van der Waals surface area contributed by atoms with Crippen LogP contribution >= 0.6 is 11.8 Å². The lowest BCUT2D eigenvalue weighted by molar-refractivity contribution is -0.137. The molecule has 0 bridgehead atoms. The van der Waals surface area contributed by atoms with Crippen LogP contribution in [0.5, 0.6) is 0 Å². The molecule has 0 saturated heterocycles. The van der Waals surface area contributed by atoms with Gasteiger partial charge in [0.15, 0.2) is 0 Å². The number of hydrogen-bond acceptors (Lipinski definition) is 7. The summed E-state index contributed by atoms with van der Waals surface area (Å²) in [7, 11) is 1.35. The maximum Gasteiger partial charge on any atom is 0.316 e. The van der Waals surface area contributed by atoms with Crippen molar-refractivity contribution in [1.82, 2.24) is 9.97 Å². The molecular formula is C8H12N4O2S. The van der Waals surface area contributed by atoms with Crippen LogP contribution in [0.3, 0.4) is 0 Å². The molecule has 0 aliphatic heterocycles. The second kappa shape index (κ2) is 5.52. The number of methoxy groups -OCH3 is 1. The molecule has 0 radical (unpaired) electrons. The summed E-state index contributed by atoms with van der Waals surface area (Å²) in [5.41, 5.74) is 3.14. The summed E-state index contributed by atoms with van der Waals surface area (Å²) in [6.07, 6.45) is 0. The SMILES string of the molecule is COC(=O)CSc1cc(C)nc(NN)n1. The number of carbonyl (C=O) groups is 1. The Bertz CT molecular complexity index is 358. The number of aryl methyl sites for hydroxylation is 1. The first kappa shape index (κ1) is 11.7. The van der Waals surface area contributed by atoms with E-state index in [1.54, 1.807) is 6.07 Å². The average Bonchev–Trinajstić information content (AvgIpc) is 2.25. The Morgan fingerprint density at radius 2 is 2.40 bits per heavy atom. The molecule has 3 N–H and O–H groups in total. The molecule has 0 aromatic carbocycles. The summed E-state index contributed by atoms with van der Waals surface area (Å²) in [5.74, 6) is 5.46. The Labute approximate surface area is 91.6 Å². The van der Waals surface area contributed by atoms with Gasteiger partial charge in [-0.25, -0.2) is 15.8 Å². The quantitative estimate of drug-likeness (QED) is 0.252. The Morgan fingerprint density at radius 3 is 3.00 bits per heavy atom. The molecule has 82 valence electrons. The van der Waals surface area contributed by atoms with Gasteiger partial charge in [0.2, 0.25) is 5.95 Å². The number of nitrogens with zero attached hydrogens (tertiary/aromatic N) is 2. The van der Waals surface area contributed by atoms with Crippen molar-refractivity contribution in [3.63, 3.8) is 0 Å². The monoisotopic (exact) mass is 228 g/mol. The number of thioether (sulfide) groups is 1. The van der Waals surface area contributed by atoms with Gasteiger partial charge in [0.05, 0.1) is 12.9 Å². The number of esters is 1. The summed E-state index contributed by atoms with van der Waals surface area (Å²) in [6, 6.07) is 1.77. The lowest BCUT2D eigenvalue weighted by Crippen LogP contribution is -2.11. The number of ether oxygens (including phenoxy) is 1. The zero-order valence-corrected chi connectivity index (χ0v) is 9.30. The van der Waals surface area contributed by atoms with Crippen LogP contribution in [0, 0.1) is 6.92 Å². The number of nitrogens with two attached hydrogens (primary N) is 1. The second-order valence-corrected chi connectivity index (χ2v) is 3.68. The largest absolute Gasteiger partial charge is 0.468 e. The van der Waals surface area contributed by atoms with E-state index in [1.807, 2.05) is 6.92 Å². The molecular weight excluding hydrogens is 216 g/mol. The van der Waals surface area contributed by atoms with Gasteiger partial charge >= 0.3 is 5.97 Å². The molecule has 0 aliphatic carbocycles. The normalized spacial score (nSPS) is 9.80. The van der Waals surface area contributed by atoms with Crippen molar-refractivity contribution in [2.45, 2.75) is 11.9 Å². The molecule has 15 heavy (non-hydrogen) atoms. The van der Waals surface area contributed by atoms with Crippen LogP contribution in [-0.4, -0.2) is 28.8 Å². The maximum absolute atomic E-state index is 10.9. The van der Waals surface area contributed by atoms with Gasteiger partial charge in [0.1, 0.15) is 5.03 Å². The first-order valence-electron chi connectivity index (χ1n) is 4.17. The van der Waals surface area contributed by atoms with Gasteiger partial charge in [0.25, 0.3) is 0 Å². The van der Waals surface area contributed by atoms with Crippen LogP contribution in [0.15, 0.2) is 11.1 Å². The summed E-state index contributed by atoms with van der Waals surface area (Å²) in [4.78, 5) is 19.0. The van der Waals surface area contributed by atoms with Crippen molar-refractivity contribution in [3.8, 4) is 0 Å². The van der Waals surface area contributed by atoms with Gasteiger partial charge < -0.3 is 4.74 Å². The summed E-state index contributed by atoms with van der Waals surface area (Å²) < 4.78 is 4.52. The van der Waals surface area contributed by atoms with Crippen molar-refractivity contribution in [1.29, 1.82) is 0 Å². The number of rotatable bonds is 4. The van der Waals surface area contributed by atoms with E-state index in [0.29, 0.717) is 11.0 Å². The maximum atomic E-state index is 10.9. The summed E-state index contributed by atoms with van der Waals surface area (Å²) in [5, 5.41) is 0.681. The molecule has 1 aromatic heterocycles. The van der Waals surface area contributed by atoms with E-state index in [9.17, 15) is 4.79 Å². The fourth-order valence-corrected chi connectivity index (χ4v) is 1.66. The fraction of sp³-hybridized carbons (Fsp3) is 0.375. The Hall–Kier alpha value is -1.34. The van der Waals surface area contributed by atoms with Crippen LogP contribution in [0.2, 0.25) is 0 Å². The highest BCUT2D eigenvalue weighted by Gasteiger charge is 2.05. The minimum Gasteiger partial charge on any atom is -0.468 e. The molecule has 1 aromatic rings. The fourth-order valence-electron chi connectivity index (χ4n) is 0.870. The van der Waals surface area contributed by atoms with E-state index in [2.05, 4.69) is 20.1 Å². The third-order valence-electron chi connectivity index (χ3n) is 1.53. The zero-order valence-electron chi connectivity index (χ0n) is 8.48. The van der Waals surface area contributed by atoms with Crippen LogP contribution in [0.1, 0.15) is 5.69 Å². The number of nitrogen functional groups attached to an aromatic ring is 1. The molecule has 7 heteroatoms. The Kier molecular flexibility index (Phi) is 4.32.